The van der Waals surface area contributed by atoms with Gasteiger partial charge < -0.3 is 9.53 Å². The van der Waals surface area contributed by atoms with E-state index in [2.05, 4.69) is 0 Å². The second kappa shape index (κ2) is 3.48. The zero-order valence-electron chi connectivity index (χ0n) is 8.37. The molecular formula is C10H16O3. The van der Waals surface area contributed by atoms with E-state index in [-0.39, 0.29) is 23.2 Å². The molecule has 0 aromatic heterocycles. The minimum atomic E-state index is -0.219. The average molecular weight is 184 g/mol. The van der Waals surface area contributed by atoms with Gasteiger partial charge in [-0.3, -0.25) is 4.79 Å². The Morgan fingerprint density at radius 2 is 2.15 bits per heavy atom. The summed E-state index contributed by atoms with van der Waals surface area (Å²) < 4.78 is 4.98. The van der Waals surface area contributed by atoms with E-state index in [1.807, 2.05) is 20.8 Å². The molecule has 1 saturated carbocycles. The first-order valence-electron chi connectivity index (χ1n) is 4.67. The summed E-state index contributed by atoms with van der Waals surface area (Å²) in [5.74, 6) is -0.572. The van der Waals surface area contributed by atoms with Gasteiger partial charge in [0, 0.05) is 5.92 Å². The van der Waals surface area contributed by atoms with Crippen LogP contribution in [0.1, 0.15) is 27.2 Å². The minimum Gasteiger partial charge on any atom is -0.465 e. The minimum absolute atomic E-state index is 0.142. The monoisotopic (exact) mass is 184 g/mol. The van der Waals surface area contributed by atoms with Gasteiger partial charge in [0.1, 0.15) is 6.29 Å². The Kier molecular flexibility index (Phi) is 2.74. The summed E-state index contributed by atoms with van der Waals surface area (Å²) in [6, 6.07) is 0. The van der Waals surface area contributed by atoms with Crippen LogP contribution in [0.2, 0.25) is 0 Å². The van der Waals surface area contributed by atoms with Gasteiger partial charge in [-0.25, -0.2) is 0 Å². The first-order valence-corrected chi connectivity index (χ1v) is 4.67. The predicted molar refractivity (Wildman–Crippen MR) is 48.1 cm³/mol. The highest BCUT2D eigenvalue weighted by atomic mass is 16.5. The third kappa shape index (κ3) is 1.74. The summed E-state index contributed by atoms with van der Waals surface area (Å²) in [4.78, 5) is 21.9. The first-order chi connectivity index (χ1) is 6.05. The van der Waals surface area contributed by atoms with Crippen molar-refractivity contribution in [3.63, 3.8) is 0 Å². The van der Waals surface area contributed by atoms with Crippen LogP contribution in [0.5, 0.6) is 0 Å². The number of ether oxygens (including phenoxy) is 1. The zero-order chi connectivity index (χ0) is 10.1. The van der Waals surface area contributed by atoms with Gasteiger partial charge in [0.05, 0.1) is 12.5 Å². The topological polar surface area (TPSA) is 43.4 Å². The quantitative estimate of drug-likeness (QED) is 0.490. The molecule has 0 bridgehead atoms. The molecule has 3 heteroatoms. The van der Waals surface area contributed by atoms with Crippen molar-refractivity contribution in [2.24, 2.45) is 17.3 Å². The van der Waals surface area contributed by atoms with Gasteiger partial charge in [0.2, 0.25) is 0 Å². The number of esters is 1. The van der Waals surface area contributed by atoms with Crippen molar-refractivity contribution in [1.29, 1.82) is 0 Å². The van der Waals surface area contributed by atoms with E-state index < -0.39 is 0 Å². The van der Waals surface area contributed by atoms with Gasteiger partial charge in [-0.15, -0.1) is 0 Å². The van der Waals surface area contributed by atoms with Crippen LogP contribution >= 0.6 is 0 Å². The summed E-state index contributed by atoms with van der Waals surface area (Å²) >= 11 is 0. The summed E-state index contributed by atoms with van der Waals surface area (Å²) in [5, 5.41) is 0. The van der Waals surface area contributed by atoms with Crippen LogP contribution < -0.4 is 0 Å². The zero-order valence-corrected chi connectivity index (χ0v) is 8.37. The van der Waals surface area contributed by atoms with Crippen LogP contribution in [0, 0.1) is 17.3 Å². The van der Waals surface area contributed by atoms with Gasteiger partial charge >= 0.3 is 5.97 Å². The lowest BCUT2D eigenvalue weighted by atomic mass is 10.1. The smallest absolute Gasteiger partial charge is 0.310 e. The molecule has 0 radical (unpaired) electrons. The SMILES string of the molecule is CCCOC(=O)[C@@H]1[C@@H](C=O)C1(C)C. The molecule has 0 aliphatic heterocycles. The number of carbonyl (C=O) groups excluding carboxylic acids is 2. The molecule has 0 aromatic rings. The van der Waals surface area contributed by atoms with Crippen LogP contribution in [0.3, 0.4) is 0 Å². The number of carbonyl (C=O) groups is 2. The molecule has 0 amide bonds. The lowest BCUT2D eigenvalue weighted by molar-refractivity contribution is -0.146. The van der Waals surface area contributed by atoms with Gasteiger partial charge in [-0.2, -0.15) is 0 Å². The number of hydrogen-bond donors (Lipinski definition) is 0. The largest absolute Gasteiger partial charge is 0.465 e. The van der Waals surface area contributed by atoms with Crippen molar-refractivity contribution >= 4 is 12.3 Å². The maximum Gasteiger partial charge on any atom is 0.310 e. The molecule has 0 unspecified atom stereocenters. The Labute approximate surface area is 78.5 Å². The molecule has 0 N–H and O–H groups in total. The first kappa shape index (κ1) is 10.2. The average Bonchev–Trinajstić information content (AvgIpc) is 2.63. The molecule has 0 spiro atoms. The van der Waals surface area contributed by atoms with Crippen LogP contribution in [-0.2, 0) is 14.3 Å². The second-order valence-corrected chi connectivity index (χ2v) is 4.13. The maximum absolute atomic E-state index is 11.4. The van der Waals surface area contributed by atoms with E-state index in [0.29, 0.717) is 6.61 Å². The fourth-order valence-corrected chi connectivity index (χ4v) is 1.67. The molecule has 0 saturated heterocycles. The third-order valence-electron chi connectivity index (χ3n) is 2.76. The molecule has 1 aliphatic rings. The van der Waals surface area contributed by atoms with E-state index in [0.717, 1.165) is 12.7 Å². The second-order valence-electron chi connectivity index (χ2n) is 4.13. The van der Waals surface area contributed by atoms with Crippen molar-refractivity contribution in [3.05, 3.63) is 0 Å². The van der Waals surface area contributed by atoms with Gasteiger partial charge in [-0.05, 0) is 11.8 Å². The molecule has 0 heterocycles. The Morgan fingerprint density at radius 3 is 2.54 bits per heavy atom. The van der Waals surface area contributed by atoms with E-state index in [4.69, 9.17) is 4.74 Å². The fraction of sp³-hybridized carbons (Fsp3) is 0.800. The normalized spacial score (nSPS) is 29.5. The Bertz CT molecular complexity index is 220. The molecule has 13 heavy (non-hydrogen) atoms. The van der Waals surface area contributed by atoms with Crippen LogP contribution in [-0.4, -0.2) is 18.9 Å². The highest BCUT2D eigenvalue weighted by Gasteiger charge is 2.62. The van der Waals surface area contributed by atoms with Gasteiger partial charge in [0.25, 0.3) is 0 Å². The van der Waals surface area contributed by atoms with Crippen molar-refractivity contribution in [2.45, 2.75) is 27.2 Å². The molecule has 74 valence electrons. The van der Waals surface area contributed by atoms with Crippen LogP contribution in [0.4, 0.5) is 0 Å². The summed E-state index contributed by atoms with van der Waals surface area (Å²) in [6.07, 6.45) is 1.68. The molecule has 1 rings (SSSR count). The van der Waals surface area contributed by atoms with E-state index >= 15 is 0 Å². The molecule has 1 fully saturated rings. The molecule has 3 nitrogen and oxygen atoms in total. The Balaban J connectivity index is 2.46. The summed E-state index contributed by atoms with van der Waals surface area (Å²) in [7, 11) is 0. The van der Waals surface area contributed by atoms with E-state index in [1.54, 1.807) is 0 Å². The molecule has 2 atom stereocenters. The third-order valence-corrected chi connectivity index (χ3v) is 2.76. The standard InChI is InChI=1S/C10H16O3/c1-4-5-13-9(12)8-7(6-11)10(8,2)3/h6-8H,4-5H2,1-3H3/t7-,8+/m1/s1. The molecule has 1 aliphatic carbocycles. The summed E-state index contributed by atoms with van der Waals surface area (Å²) in [5.41, 5.74) is -0.188. The van der Waals surface area contributed by atoms with Gasteiger partial charge in [-0.1, -0.05) is 20.8 Å². The highest BCUT2D eigenvalue weighted by Crippen LogP contribution is 2.57. The van der Waals surface area contributed by atoms with E-state index in [9.17, 15) is 9.59 Å². The fourth-order valence-electron chi connectivity index (χ4n) is 1.67. The van der Waals surface area contributed by atoms with Crippen molar-refractivity contribution in [2.75, 3.05) is 6.61 Å². The predicted octanol–water partition coefficient (Wildman–Crippen LogP) is 1.41. The maximum atomic E-state index is 11.4. The van der Waals surface area contributed by atoms with Gasteiger partial charge in [0.15, 0.2) is 0 Å². The highest BCUT2D eigenvalue weighted by molar-refractivity contribution is 5.84. The van der Waals surface area contributed by atoms with Crippen LogP contribution in [0.25, 0.3) is 0 Å². The number of hydrogen-bond acceptors (Lipinski definition) is 3. The number of rotatable bonds is 4. The lowest BCUT2D eigenvalue weighted by Crippen LogP contribution is -2.11. The van der Waals surface area contributed by atoms with Crippen molar-refractivity contribution in [3.8, 4) is 0 Å². The Hall–Kier alpha value is -0.860. The molecule has 0 aromatic carbocycles. The van der Waals surface area contributed by atoms with Crippen molar-refractivity contribution in [1.82, 2.24) is 0 Å². The van der Waals surface area contributed by atoms with Crippen molar-refractivity contribution < 1.29 is 14.3 Å². The molecular weight excluding hydrogens is 168 g/mol. The summed E-state index contributed by atoms with van der Waals surface area (Å²) in [6.45, 7) is 6.24. The van der Waals surface area contributed by atoms with Crippen LogP contribution in [0.15, 0.2) is 0 Å². The lowest BCUT2D eigenvalue weighted by Gasteiger charge is -2.03. The number of aldehydes is 1. The Morgan fingerprint density at radius 1 is 1.54 bits per heavy atom. The van der Waals surface area contributed by atoms with E-state index in [1.165, 1.54) is 0 Å².